The third-order valence-corrected chi connectivity index (χ3v) is 3.53. The van der Waals surface area contributed by atoms with E-state index in [9.17, 15) is 0 Å². The highest BCUT2D eigenvalue weighted by Gasteiger charge is 2.47. The second-order valence-electron chi connectivity index (χ2n) is 4.61. The fourth-order valence-corrected chi connectivity index (χ4v) is 2.37. The van der Waals surface area contributed by atoms with E-state index in [1.165, 1.54) is 38.0 Å². The van der Waals surface area contributed by atoms with Gasteiger partial charge in [0.25, 0.3) is 0 Å². The lowest BCUT2D eigenvalue weighted by Crippen LogP contribution is -2.20. The Kier molecular flexibility index (Phi) is 1.52. The number of rotatable bonds is 1. The summed E-state index contributed by atoms with van der Waals surface area (Å²) in [6.07, 6.45) is 5.99. The van der Waals surface area contributed by atoms with Crippen molar-refractivity contribution in [3.05, 3.63) is 18.3 Å². The third kappa shape index (κ3) is 1.24. The van der Waals surface area contributed by atoms with Gasteiger partial charge in [-0.05, 0) is 30.7 Å². The van der Waals surface area contributed by atoms with Crippen LogP contribution in [0.2, 0.25) is 0 Å². The van der Waals surface area contributed by atoms with E-state index in [-0.39, 0.29) is 0 Å². The summed E-state index contributed by atoms with van der Waals surface area (Å²) in [5, 5.41) is 0. The second kappa shape index (κ2) is 2.62. The van der Waals surface area contributed by atoms with Crippen LogP contribution in [-0.2, 0) is 0 Å². The average Bonchev–Trinajstić information content (AvgIpc) is 2.76. The fraction of sp³-hybridized carbons (Fsp3) is 0.545. The van der Waals surface area contributed by atoms with Gasteiger partial charge in [-0.2, -0.15) is 0 Å². The summed E-state index contributed by atoms with van der Waals surface area (Å²) in [6, 6.07) is 4.03. The van der Waals surface area contributed by atoms with Crippen LogP contribution in [0, 0.1) is 5.41 Å². The normalized spacial score (nSPS) is 23.0. The van der Waals surface area contributed by atoms with Crippen molar-refractivity contribution in [3.63, 3.8) is 0 Å². The monoisotopic (exact) mass is 189 g/mol. The van der Waals surface area contributed by atoms with E-state index in [0.29, 0.717) is 11.2 Å². The molecule has 0 unspecified atom stereocenters. The summed E-state index contributed by atoms with van der Waals surface area (Å²) in [6.45, 7) is 2.40. The van der Waals surface area contributed by atoms with Crippen LogP contribution in [-0.4, -0.2) is 18.1 Å². The first-order chi connectivity index (χ1) is 6.77. The highest BCUT2D eigenvalue weighted by atomic mass is 15.2. The maximum Gasteiger partial charge on any atom is 0.125 e. The molecule has 3 heteroatoms. The highest BCUT2D eigenvalue weighted by Crippen LogP contribution is 2.53. The summed E-state index contributed by atoms with van der Waals surface area (Å²) in [5.41, 5.74) is 7.59. The van der Waals surface area contributed by atoms with E-state index in [1.807, 2.05) is 6.07 Å². The van der Waals surface area contributed by atoms with E-state index in [4.69, 9.17) is 5.73 Å². The number of anilines is 2. The van der Waals surface area contributed by atoms with Gasteiger partial charge in [-0.1, -0.05) is 0 Å². The minimum atomic E-state index is 0.624. The molecule has 3 rings (SSSR count). The Hall–Kier alpha value is -1.25. The first-order valence-electron chi connectivity index (χ1n) is 5.24. The van der Waals surface area contributed by atoms with Crippen molar-refractivity contribution in [1.82, 2.24) is 4.98 Å². The van der Waals surface area contributed by atoms with Gasteiger partial charge >= 0.3 is 0 Å². The third-order valence-electron chi connectivity index (χ3n) is 3.53. The zero-order valence-corrected chi connectivity index (χ0v) is 8.24. The lowest BCUT2D eigenvalue weighted by atomic mass is 10.1. The van der Waals surface area contributed by atoms with Crippen molar-refractivity contribution in [1.29, 1.82) is 0 Å². The Morgan fingerprint density at radius 2 is 2.21 bits per heavy atom. The fourth-order valence-electron chi connectivity index (χ4n) is 2.37. The molecule has 1 aliphatic heterocycles. The van der Waals surface area contributed by atoms with Crippen LogP contribution in [0.5, 0.6) is 0 Å². The molecule has 1 aromatic rings. The number of nitrogens with zero attached hydrogens (tertiary/aromatic N) is 2. The number of pyridine rings is 1. The Labute approximate surface area is 83.9 Å². The first kappa shape index (κ1) is 8.09. The molecule has 0 amide bonds. The zero-order chi connectivity index (χ0) is 9.60. The average molecular weight is 189 g/mol. The van der Waals surface area contributed by atoms with Crippen LogP contribution in [0.1, 0.15) is 19.3 Å². The van der Waals surface area contributed by atoms with Gasteiger partial charge in [0.2, 0.25) is 0 Å². The minimum absolute atomic E-state index is 0.624. The van der Waals surface area contributed by atoms with E-state index in [2.05, 4.69) is 16.0 Å². The minimum Gasteiger partial charge on any atom is -0.384 e. The van der Waals surface area contributed by atoms with Crippen molar-refractivity contribution >= 4 is 11.5 Å². The molecule has 74 valence electrons. The van der Waals surface area contributed by atoms with Crippen molar-refractivity contribution in [2.45, 2.75) is 19.3 Å². The predicted molar refractivity (Wildman–Crippen MR) is 57.1 cm³/mol. The Balaban J connectivity index is 1.82. The van der Waals surface area contributed by atoms with E-state index >= 15 is 0 Å². The van der Waals surface area contributed by atoms with Gasteiger partial charge in [0, 0.05) is 31.0 Å². The van der Waals surface area contributed by atoms with E-state index in [1.54, 1.807) is 6.20 Å². The molecule has 0 aromatic carbocycles. The summed E-state index contributed by atoms with van der Waals surface area (Å²) in [4.78, 5) is 6.45. The number of nitrogen functional groups attached to an aromatic ring is 1. The van der Waals surface area contributed by atoms with Gasteiger partial charge in [0.1, 0.15) is 5.82 Å². The molecule has 1 saturated heterocycles. The molecule has 2 aliphatic rings. The number of hydrogen-bond acceptors (Lipinski definition) is 3. The first-order valence-corrected chi connectivity index (χ1v) is 5.24. The Morgan fingerprint density at radius 3 is 2.86 bits per heavy atom. The summed E-state index contributed by atoms with van der Waals surface area (Å²) >= 11 is 0. The maximum absolute atomic E-state index is 5.67. The molecule has 2 heterocycles. The summed E-state index contributed by atoms with van der Waals surface area (Å²) in [7, 11) is 0. The van der Waals surface area contributed by atoms with Crippen molar-refractivity contribution in [3.8, 4) is 0 Å². The van der Waals surface area contributed by atoms with Gasteiger partial charge in [-0.15, -0.1) is 0 Å². The molecule has 1 saturated carbocycles. The van der Waals surface area contributed by atoms with Crippen LogP contribution in [0.4, 0.5) is 11.5 Å². The molecular weight excluding hydrogens is 174 g/mol. The molecule has 2 N–H and O–H groups in total. The van der Waals surface area contributed by atoms with Crippen molar-refractivity contribution in [2.75, 3.05) is 23.7 Å². The molecule has 14 heavy (non-hydrogen) atoms. The molecule has 0 bridgehead atoms. The van der Waals surface area contributed by atoms with Crippen LogP contribution in [0.15, 0.2) is 18.3 Å². The Bertz CT molecular complexity index is 357. The standard InChI is InChI=1S/C11H15N3/c12-10-7-9(1-5-13-10)14-6-4-11(8-14)2-3-11/h1,5,7H,2-4,6,8H2,(H2,12,13). The lowest BCUT2D eigenvalue weighted by Gasteiger charge is -2.18. The maximum atomic E-state index is 5.67. The van der Waals surface area contributed by atoms with E-state index < -0.39 is 0 Å². The van der Waals surface area contributed by atoms with Gasteiger partial charge in [-0.3, -0.25) is 0 Å². The topological polar surface area (TPSA) is 42.1 Å². The molecular formula is C11H15N3. The van der Waals surface area contributed by atoms with Crippen LogP contribution in [0.3, 0.4) is 0 Å². The molecule has 1 spiro atoms. The number of hydrogen-bond donors (Lipinski definition) is 1. The number of nitrogens with two attached hydrogens (primary N) is 1. The molecule has 0 radical (unpaired) electrons. The van der Waals surface area contributed by atoms with E-state index in [0.717, 1.165) is 0 Å². The quantitative estimate of drug-likeness (QED) is 0.730. The van der Waals surface area contributed by atoms with Crippen molar-refractivity contribution in [2.24, 2.45) is 5.41 Å². The zero-order valence-electron chi connectivity index (χ0n) is 8.24. The SMILES string of the molecule is Nc1cc(N2CCC3(CC3)C2)ccn1. The second-order valence-corrected chi connectivity index (χ2v) is 4.61. The Morgan fingerprint density at radius 1 is 1.36 bits per heavy atom. The van der Waals surface area contributed by atoms with Gasteiger partial charge < -0.3 is 10.6 Å². The molecule has 1 aromatic heterocycles. The smallest absolute Gasteiger partial charge is 0.125 e. The van der Waals surface area contributed by atoms with Gasteiger partial charge in [-0.25, -0.2) is 4.98 Å². The van der Waals surface area contributed by atoms with Crippen LogP contribution in [0.25, 0.3) is 0 Å². The largest absolute Gasteiger partial charge is 0.384 e. The van der Waals surface area contributed by atoms with Gasteiger partial charge in [0.15, 0.2) is 0 Å². The highest BCUT2D eigenvalue weighted by molar-refractivity contribution is 5.53. The number of aromatic nitrogens is 1. The van der Waals surface area contributed by atoms with Crippen molar-refractivity contribution < 1.29 is 0 Å². The molecule has 2 fully saturated rings. The molecule has 3 nitrogen and oxygen atoms in total. The predicted octanol–water partition coefficient (Wildman–Crippen LogP) is 1.65. The lowest BCUT2D eigenvalue weighted by molar-refractivity contribution is 0.581. The molecule has 0 atom stereocenters. The van der Waals surface area contributed by atoms with Gasteiger partial charge in [0.05, 0.1) is 0 Å². The summed E-state index contributed by atoms with van der Waals surface area (Å²) in [5.74, 6) is 0.624. The summed E-state index contributed by atoms with van der Waals surface area (Å²) < 4.78 is 0. The van der Waals surface area contributed by atoms with Crippen LogP contribution < -0.4 is 10.6 Å². The molecule has 1 aliphatic carbocycles. The van der Waals surface area contributed by atoms with Crippen LogP contribution >= 0.6 is 0 Å².